The van der Waals surface area contributed by atoms with Gasteiger partial charge in [0.2, 0.25) is 0 Å². The Kier molecular flexibility index (Phi) is 8.94. The highest BCUT2D eigenvalue weighted by atomic mass is 16.5. The van der Waals surface area contributed by atoms with Crippen molar-refractivity contribution in [1.82, 2.24) is 0 Å². The second-order valence-electron chi connectivity index (χ2n) is 3.65. The molecule has 6 heteroatoms. The molecule has 0 saturated carbocycles. The lowest BCUT2D eigenvalue weighted by Gasteiger charge is -2.25. The third-order valence-corrected chi connectivity index (χ3v) is 2.22. The molecule has 16 heavy (non-hydrogen) atoms. The average molecular weight is 231 g/mol. The van der Waals surface area contributed by atoms with Gasteiger partial charge >= 0.3 is 0 Å². The normalized spacial score (nSPS) is 16.2. The number of hydrogen-bond acceptors (Lipinski definition) is 4. The van der Waals surface area contributed by atoms with E-state index in [1.807, 2.05) is 0 Å². The molecule has 0 aliphatic carbocycles. The summed E-state index contributed by atoms with van der Waals surface area (Å²) in [5.74, 6) is 0. The van der Waals surface area contributed by atoms with Crippen LogP contribution in [0.4, 0.5) is 0 Å². The van der Waals surface area contributed by atoms with Gasteiger partial charge in [0.1, 0.15) is 0 Å². The van der Waals surface area contributed by atoms with Gasteiger partial charge in [-0.05, 0) is 18.9 Å². The molecular formula is C10H21N3O3. The fourth-order valence-electron chi connectivity index (χ4n) is 1.33. The van der Waals surface area contributed by atoms with Crippen molar-refractivity contribution in [3.63, 3.8) is 0 Å². The maximum atomic E-state index is 9.50. The molecule has 0 radical (unpaired) electrons. The van der Waals surface area contributed by atoms with Gasteiger partial charge in [-0.15, -0.1) is 0 Å². The first-order chi connectivity index (χ1) is 7.67. The van der Waals surface area contributed by atoms with Crippen LogP contribution in [-0.2, 0) is 9.47 Å². The summed E-state index contributed by atoms with van der Waals surface area (Å²) in [6.45, 7) is 4.52. The molecule has 0 amide bonds. The third kappa shape index (κ3) is 5.92. The fraction of sp³-hybridized carbons (Fsp3) is 1.00. The van der Waals surface area contributed by atoms with Crippen molar-refractivity contribution >= 4 is 0 Å². The summed E-state index contributed by atoms with van der Waals surface area (Å²) in [4.78, 5) is 2.72. The van der Waals surface area contributed by atoms with E-state index in [9.17, 15) is 5.11 Å². The van der Waals surface area contributed by atoms with Gasteiger partial charge < -0.3 is 14.6 Å². The summed E-state index contributed by atoms with van der Waals surface area (Å²) in [5.41, 5.74) is 8.43. The topological polar surface area (TPSA) is 87.5 Å². The highest BCUT2D eigenvalue weighted by Crippen LogP contribution is 2.11. The van der Waals surface area contributed by atoms with Crippen molar-refractivity contribution in [3.05, 3.63) is 10.4 Å². The Labute approximate surface area is 96.2 Å². The lowest BCUT2D eigenvalue weighted by atomic mass is 10.1. The Balaban J connectivity index is 4.37. The zero-order chi connectivity index (χ0) is 12.4. The van der Waals surface area contributed by atoms with Gasteiger partial charge in [-0.2, -0.15) is 0 Å². The van der Waals surface area contributed by atoms with Crippen molar-refractivity contribution in [1.29, 1.82) is 0 Å². The molecule has 0 rings (SSSR count). The molecule has 0 spiro atoms. The minimum absolute atomic E-state index is 0.304. The molecule has 0 saturated heterocycles. The van der Waals surface area contributed by atoms with Crippen LogP contribution < -0.4 is 0 Å². The predicted octanol–water partition coefficient (Wildman–Crippen LogP) is 1.88. The molecule has 0 aliphatic rings. The first-order valence-electron chi connectivity index (χ1n) is 5.50. The fourth-order valence-corrected chi connectivity index (χ4v) is 1.33. The van der Waals surface area contributed by atoms with Gasteiger partial charge in [-0.1, -0.05) is 18.5 Å². The van der Waals surface area contributed by atoms with Crippen molar-refractivity contribution in [2.75, 3.05) is 20.3 Å². The average Bonchev–Trinajstić information content (AvgIpc) is 2.25. The number of ether oxygens (including phenoxy) is 2. The summed E-state index contributed by atoms with van der Waals surface area (Å²) < 4.78 is 10.5. The summed E-state index contributed by atoms with van der Waals surface area (Å²) in [6, 6.07) is -0.609. The molecule has 0 bridgehead atoms. The SMILES string of the molecule is CCCCO[C@H](COC)[C@H](N=[N+]=[N-])C(C)O. The van der Waals surface area contributed by atoms with Crippen LogP contribution in [0.2, 0.25) is 0 Å². The standard InChI is InChI=1S/C10H21N3O3/c1-4-5-6-16-9(7-15-3)10(8(2)14)12-13-11/h8-10,14H,4-7H2,1-3H3/t8?,9-,10-/m1/s1. The molecule has 6 nitrogen and oxygen atoms in total. The molecule has 0 aliphatic heterocycles. The third-order valence-electron chi connectivity index (χ3n) is 2.22. The van der Waals surface area contributed by atoms with E-state index in [4.69, 9.17) is 15.0 Å². The Hall–Kier alpha value is -0.810. The van der Waals surface area contributed by atoms with Gasteiger partial charge in [-0.3, -0.25) is 0 Å². The number of unbranched alkanes of at least 4 members (excludes halogenated alkanes) is 1. The van der Waals surface area contributed by atoms with E-state index in [2.05, 4.69) is 16.9 Å². The second-order valence-corrected chi connectivity index (χ2v) is 3.65. The van der Waals surface area contributed by atoms with Crippen LogP contribution in [0.1, 0.15) is 26.7 Å². The molecule has 0 heterocycles. The van der Waals surface area contributed by atoms with E-state index in [0.717, 1.165) is 12.8 Å². The smallest absolute Gasteiger partial charge is 0.0917 e. The highest BCUT2D eigenvalue weighted by Gasteiger charge is 2.25. The first kappa shape index (κ1) is 15.2. The zero-order valence-corrected chi connectivity index (χ0v) is 10.2. The molecule has 94 valence electrons. The molecule has 1 unspecified atom stereocenters. The van der Waals surface area contributed by atoms with Crippen molar-refractivity contribution in [3.8, 4) is 0 Å². The van der Waals surface area contributed by atoms with Crippen LogP contribution in [0.15, 0.2) is 5.11 Å². The van der Waals surface area contributed by atoms with Crippen molar-refractivity contribution in [2.24, 2.45) is 5.11 Å². The summed E-state index contributed by atoms with van der Waals surface area (Å²) in [6.07, 6.45) is 0.814. The Bertz CT molecular complexity index is 217. The maximum absolute atomic E-state index is 9.50. The van der Waals surface area contributed by atoms with Crippen LogP contribution in [0.5, 0.6) is 0 Å². The van der Waals surface area contributed by atoms with E-state index in [-0.39, 0.29) is 0 Å². The van der Waals surface area contributed by atoms with Crippen LogP contribution in [0, 0.1) is 0 Å². The Morgan fingerprint density at radius 3 is 2.62 bits per heavy atom. The van der Waals surface area contributed by atoms with E-state index < -0.39 is 18.2 Å². The summed E-state index contributed by atoms with van der Waals surface area (Å²) in [7, 11) is 1.55. The number of rotatable bonds is 9. The number of methoxy groups -OCH3 is 1. The van der Waals surface area contributed by atoms with Gasteiger partial charge in [-0.25, -0.2) is 0 Å². The minimum atomic E-state index is -0.752. The van der Waals surface area contributed by atoms with Gasteiger partial charge in [0.05, 0.1) is 24.9 Å². The lowest BCUT2D eigenvalue weighted by Crippen LogP contribution is -2.39. The van der Waals surface area contributed by atoms with E-state index in [1.165, 1.54) is 0 Å². The molecule has 3 atom stereocenters. The van der Waals surface area contributed by atoms with E-state index in [0.29, 0.717) is 13.2 Å². The summed E-state index contributed by atoms with van der Waals surface area (Å²) in [5, 5.41) is 13.0. The minimum Gasteiger partial charge on any atom is -0.393 e. The van der Waals surface area contributed by atoms with Crippen LogP contribution >= 0.6 is 0 Å². The van der Waals surface area contributed by atoms with Crippen molar-refractivity contribution in [2.45, 2.75) is 44.9 Å². The predicted molar refractivity (Wildman–Crippen MR) is 61.1 cm³/mol. The molecule has 0 aromatic rings. The number of azide groups is 1. The maximum Gasteiger partial charge on any atom is 0.0917 e. The van der Waals surface area contributed by atoms with Gasteiger partial charge in [0, 0.05) is 18.6 Å². The van der Waals surface area contributed by atoms with Crippen LogP contribution in [-0.4, -0.2) is 43.7 Å². The Morgan fingerprint density at radius 2 is 2.19 bits per heavy atom. The molecule has 1 N–H and O–H groups in total. The largest absolute Gasteiger partial charge is 0.393 e. The molecule has 0 fully saturated rings. The molecule has 0 aromatic heterocycles. The van der Waals surface area contributed by atoms with E-state index in [1.54, 1.807) is 14.0 Å². The van der Waals surface area contributed by atoms with Crippen LogP contribution in [0.25, 0.3) is 10.4 Å². The Morgan fingerprint density at radius 1 is 1.50 bits per heavy atom. The first-order valence-corrected chi connectivity index (χ1v) is 5.50. The number of nitrogens with zero attached hydrogens (tertiary/aromatic N) is 3. The zero-order valence-electron chi connectivity index (χ0n) is 10.2. The number of hydrogen-bond donors (Lipinski definition) is 1. The number of aliphatic hydroxyl groups is 1. The lowest BCUT2D eigenvalue weighted by molar-refractivity contribution is -0.0395. The van der Waals surface area contributed by atoms with Gasteiger partial charge in [0.15, 0.2) is 0 Å². The highest BCUT2D eigenvalue weighted by molar-refractivity contribution is 4.82. The quantitative estimate of drug-likeness (QED) is 0.284. The molecule has 0 aromatic carbocycles. The molecular weight excluding hydrogens is 210 g/mol. The summed E-state index contributed by atoms with van der Waals surface area (Å²) >= 11 is 0. The van der Waals surface area contributed by atoms with Crippen molar-refractivity contribution < 1.29 is 14.6 Å². The van der Waals surface area contributed by atoms with E-state index >= 15 is 0 Å². The monoisotopic (exact) mass is 231 g/mol. The van der Waals surface area contributed by atoms with Gasteiger partial charge in [0.25, 0.3) is 0 Å². The van der Waals surface area contributed by atoms with Crippen LogP contribution in [0.3, 0.4) is 0 Å². The number of aliphatic hydroxyl groups excluding tert-OH is 1. The second kappa shape index (κ2) is 9.42.